The van der Waals surface area contributed by atoms with Crippen LogP contribution >= 0.6 is 0 Å². The number of halogens is 4. The third-order valence-corrected chi connectivity index (χ3v) is 6.17. The molecule has 0 bridgehead atoms. The summed E-state index contributed by atoms with van der Waals surface area (Å²) in [6.45, 7) is 0.643. The van der Waals surface area contributed by atoms with Crippen LogP contribution in [0.2, 0.25) is 0 Å². The number of urea groups is 1. The van der Waals surface area contributed by atoms with Crippen molar-refractivity contribution >= 4 is 29.2 Å². The predicted molar refractivity (Wildman–Crippen MR) is 141 cm³/mol. The molecule has 3 heterocycles. The molecule has 0 saturated carbocycles. The molecular formula is C26H27F4N7O3. The number of carbonyl (C=O) groups is 1. The van der Waals surface area contributed by atoms with E-state index in [1.54, 1.807) is 20.0 Å². The first-order valence-corrected chi connectivity index (χ1v) is 12.0. The van der Waals surface area contributed by atoms with Gasteiger partial charge in [0.15, 0.2) is 23.1 Å². The first kappa shape index (κ1) is 28.4. The van der Waals surface area contributed by atoms with Crippen molar-refractivity contribution in [2.75, 3.05) is 31.1 Å². The summed E-state index contributed by atoms with van der Waals surface area (Å²) < 4.78 is 67.8. The number of nitrogens with two attached hydrogens (primary N) is 1. The number of fused-ring (bicyclic) bond motifs is 1. The average Bonchev–Trinajstić information content (AvgIpc) is 3.35. The second kappa shape index (κ2) is 11.6. The number of benzene rings is 1. The van der Waals surface area contributed by atoms with Crippen molar-refractivity contribution < 1.29 is 31.8 Å². The number of hydrogen-bond acceptors (Lipinski definition) is 7. The largest absolute Gasteiger partial charge is 0.493 e. The van der Waals surface area contributed by atoms with Gasteiger partial charge in [-0.3, -0.25) is 24.5 Å². The number of aliphatic imine (C=N–C) groups is 1. The summed E-state index contributed by atoms with van der Waals surface area (Å²) in [5.74, 6) is -2.86. The molecule has 0 fully saturated rings. The Balaban J connectivity index is 1.87. The lowest BCUT2D eigenvalue weighted by atomic mass is 10.0. The van der Waals surface area contributed by atoms with E-state index in [1.165, 1.54) is 43.9 Å². The lowest BCUT2D eigenvalue weighted by molar-refractivity contribution is 0.122. The van der Waals surface area contributed by atoms with E-state index in [2.05, 4.69) is 15.1 Å². The molecule has 1 aromatic carbocycles. The van der Waals surface area contributed by atoms with Gasteiger partial charge in [-0.1, -0.05) is 0 Å². The molecule has 212 valence electrons. The van der Waals surface area contributed by atoms with Crippen molar-refractivity contribution in [3.63, 3.8) is 0 Å². The van der Waals surface area contributed by atoms with E-state index < -0.39 is 36.3 Å². The Morgan fingerprint density at radius 1 is 1.18 bits per heavy atom. The molecule has 14 heteroatoms. The second-order valence-electron chi connectivity index (χ2n) is 8.86. The summed E-state index contributed by atoms with van der Waals surface area (Å²) in [4.78, 5) is 24.5. The number of carbonyl (C=O) groups excluding carboxylic acids is 1. The molecule has 0 aliphatic carbocycles. The zero-order valence-electron chi connectivity index (χ0n) is 22.2. The first-order chi connectivity index (χ1) is 19.1. The fourth-order valence-corrected chi connectivity index (χ4v) is 4.33. The number of ether oxygens (including phenoxy) is 2. The highest BCUT2D eigenvalue weighted by molar-refractivity contribution is 6.11. The highest BCUT2D eigenvalue weighted by atomic mass is 19.3. The smallest absolute Gasteiger partial charge is 0.329 e. The van der Waals surface area contributed by atoms with Gasteiger partial charge in [-0.25, -0.2) is 22.4 Å². The van der Waals surface area contributed by atoms with Crippen LogP contribution in [0.3, 0.4) is 0 Å². The van der Waals surface area contributed by atoms with Gasteiger partial charge in [-0.2, -0.15) is 5.10 Å². The van der Waals surface area contributed by atoms with Crippen LogP contribution in [0.5, 0.6) is 11.5 Å². The molecule has 2 aromatic heterocycles. The average molecular weight is 562 g/mol. The maximum Gasteiger partial charge on any atom is 0.329 e. The fourth-order valence-electron chi connectivity index (χ4n) is 4.33. The SMILES string of the molecule is CN=CC(=C(C)N)c1cc2c(cn1)CN(c1c(F)c(OC)cc(OC)c1F)C(=O)N2Cc1cnn(CC(F)F)c1. The van der Waals surface area contributed by atoms with E-state index in [1.807, 2.05) is 0 Å². The minimum absolute atomic E-state index is 0.151. The summed E-state index contributed by atoms with van der Waals surface area (Å²) in [7, 11) is 3.97. The molecule has 2 N–H and O–H groups in total. The summed E-state index contributed by atoms with van der Waals surface area (Å²) in [6, 6.07) is 1.86. The van der Waals surface area contributed by atoms with E-state index in [0.29, 0.717) is 33.8 Å². The van der Waals surface area contributed by atoms with Crippen LogP contribution in [-0.4, -0.2) is 54.7 Å². The van der Waals surface area contributed by atoms with Gasteiger partial charge >= 0.3 is 6.03 Å². The molecule has 2 amide bonds. The zero-order chi connectivity index (χ0) is 29.1. The van der Waals surface area contributed by atoms with Gasteiger partial charge in [0.2, 0.25) is 0 Å². The van der Waals surface area contributed by atoms with Crippen molar-refractivity contribution in [2.45, 2.75) is 33.0 Å². The van der Waals surface area contributed by atoms with Crippen molar-refractivity contribution in [2.24, 2.45) is 10.7 Å². The normalized spacial score (nSPS) is 14.2. The Kier molecular flexibility index (Phi) is 8.26. The summed E-state index contributed by atoms with van der Waals surface area (Å²) in [5.41, 5.74) is 7.93. The number of pyridine rings is 1. The molecule has 0 unspecified atom stereocenters. The van der Waals surface area contributed by atoms with Gasteiger partial charge in [0.25, 0.3) is 6.43 Å². The van der Waals surface area contributed by atoms with E-state index in [4.69, 9.17) is 15.2 Å². The van der Waals surface area contributed by atoms with Crippen molar-refractivity contribution in [3.05, 3.63) is 64.9 Å². The summed E-state index contributed by atoms with van der Waals surface area (Å²) in [5, 5.41) is 3.93. The standard InChI is InChI=1S/C26H27F4N7O3/c1-14(31)17(9-32-2)18-5-19-16(8-33-18)12-37(25-23(29)20(39-3)6-21(40-4)24(25)30)26(38)36(19)11-15-7-34-35(10-15)13-22(27)28/h5-10,22H,11-13,31H2,1-4H3. The zero-order valence-corrected chi connectivity index (χ0v) is 22.2. The van der Waals surface area contributed by atoms with Gasteiger partial charge in [-0.15, -0.1) is 0 Å². The maximum atomic E-state index is 15.4. The number of rotatable bonds is 9. The molecule has 0 atom stereocenters. The Labute approximate surface area is 227 Å². The second-order valence-corrected chi connectivity index (χ2v) is 8.86. The number of hydrogen-bond donors (Lipinski definition) is 1. The van der Waals surface area contributed by atoms with Crippen molar-refractivity contribution in [3.8, 4) is 11.5 Å². The molecule has 0 radical (unpaired) electrons. The Morgan fingerprint density at radius 2 is 1.85 bits per heavy atom. The van der Waals surface area contributed by atoms with Crippen molar-refractivity contribution in [1.29, 1.82) is 0 Å². The van der Waals surface area contributed by atoms with Gasteiger partial charge < -0.3 is 15.2 Å². The van der Waals surface area contributed by atoms with Gasteiger partial charge in [0.1, 0.15) is 12.2 Å². The molecule has 0 saturated heterocycles. The van der Waals surface area contributed by atoms with Crippen molar-refractivity contribution in [1.82, 2.24) is 14.8 Å². The van der Waals surface area contributed by atoms with Gasteiger partial charge in [-0.05, 0) is 13.0 Å². The third kappa shape index (κ3) is 5.42. The number of amides is 2. The minimum Gasteiger partial charge on any atom is -0.493 e. The molecule has 1 aliphatic heterocycles. The number of allylic oxidation sites excluding steroid dienone is 2. The highest BCUT2D eigenvalue weighted by Crippen LogP contribution is 2.41. The van der Waals surface area contributed by atoms with Crippen LogP contribution in [0, 0.1) is 11.6 Å². The van der Waals surface area contributed by atoms with Crippen LogP contribution in [0.4, 0.5) is 33.7 Å². The molecule has 4 rings (SSSR count). The fraction of sp³-hybridized carbons (Fsp3) is 0.308. The number of anilines is 2. The first-order valence-electron chi connectivity index (χ1n) is 12.0. The summed E-state index contributed by atoms with van der Waals surface area (Å²) >= 11 is 0. The van der Waals surface area contributed by atoms with Gasteiger partial charge in [0, 0.05) is 54.1 Å². The van der Waals surface area contributed by atoms with E-state index >= 15 is 8.78 Å². The van der Waals surface area contributed by atoms with E-state index in [-0.39, 0.29) is 24.6 Å². The Hall–Kier alpha value is -4.62. The lowest BCUT2D eigenvalue weighted by Crippen LogP contribution is -2.47. The molecule has 1 aliphatic rings. The van der Waals surface area contributed by atoms with Crippen LogP contribution in [0.25, 0.3) is 5.57 Å². The number of nitrogens with zero attached hydrogens (tertiary/aromatic N) is 6. The van der Waals surface area contributed by atoms with E-state index in [9.17, 15) is 13.6 Å². The monoisotopic (exact) mass is 561 g/mol. The quantitative estimate of drug-likeness (QED) is 0.307. The molecular weight excluding hydrogens is 534 g/mol. The van der Waals surface area contributed by atoms with Gasteiger partial charge in [0.05, 0.1) is 44.9 Å². The topological polar surface area (TPSA) is 111 Å². The van der Waals surface area contributed by atoms with Crippen LogP contribution in [0.15, 0.2) is 41.4 Å². The predicted octanol–water partition coefficient (Wildman–Crippen LogP) is 4.38. The van der Waals surface area contributed by atoms with E-state index in [0.717, 1.165) is 15.6 Å². The Morgan fingerprint density at radius 3 is 2.42 bits per heavy atom. The highest BCUT2D eigenvalue weighted by Gasteiger charge is 2.37. The lowest BCUT2D eigenvalue weighted by Gasteiger charge is -2.37. The van der Waals surface area contributed by atoms with Crippen LogP contribution < -0.4 is 25.0 Å². The van der Waals surface area contributed by atoms with Crippen LogP contribution in [-0.2, 0) is 19.6 Å². The molecule has 40 heavy (non-hydrogen) atoms. The minimum atomic E-state index is -2.63. The molecule has 10 nitrogen and oxygen atoms in total. The van der Waals surface area contributed by atoms with Crippen LogP contribution in [0.1, 0.15) is 23.7 Å². The maximum absolute atomic E-state index is 15.4. The Bertz CT molecular complexity index is 1460. The molecule has 0 spiro atoms. The number of alkyl halides is 2. The number of aromatic nitrogens is 3. The number of methoxy groups -OCH3 is 2. The molecule has 3 aromatic rings. The summed E-state index contributed by atoms with van der Waals surface area (Å²) in [6.07, 6.45) is 3.07. The third-order valence-electron chi connectivity index (χ3n) is 6.17.